The van der Waals surface area contributed by atoms with E-state index in [4.69, 9.17) is 0 Å². The molecule has 0 amide bonds. The van der Waals surface area contributed by atoms with Crippen LogP contribution in [0.25, 0.3) is 0 Å². The molecule has 0 aliphatic carbocycles. The monoisotopic (exact) mass is 297 g/mol. The molecular formula is C14H23N3O2S. The Morgan fingerprint density at radius 3 is 2.80 bits per heavy atom. The van der Waals surface area contributed by atoms with E-state index in [1.165, 1.54) is 4.31 Å². The summed E-state index contributed by atoms with van der Waals surface area (Å²) in [5.74, 6) is 0. The van der Waals surface area contributed by atoms with Crippen molar-refractivity contribution in [2.75, 3.05) is 33.7 Å². The molecule has 0 radical (unpaired) electrons. The molecule has 1 fully saturated rings. The lowest BCUT2D eigenvalue weighted by Crippen LogP contribution is -2.49. The number of benzene rings is 1. The second-order valence-electron chi connectivity index (χ2n) is 5.46. The minimum Gasteiger partial charge on any atom is -0.314 e. The van der Waals surface area contributed by atoms with Gasteiger partial charge in [-0.25, -0.2) is 12.7 Å². The zero-order chi connectivity index (χ0) is 14.8. The Morgan fingerprint density at radius 1 is 1.40 bits per heavy atom. The van der Waals surface area contributed by atoms with Crippen LogP contribution in [0.4, 0.5) is 0 Å². The van der Waals surface area contributed by atoms with E-state index in [-0.39, 0.29) is 0 Å². The predicted octanol–water partition coefficient (Wildman–Crippen LogP) is 0.731. The van der Waals surface area contributed by atoms with Gasteiger partial charge in [-0.3, -0.25) is 4.90 Å². The molecule has 0 bridgehead atoms. The first-order valence-corrected chi connectivity index (χ1v) is 8.31. The Labute approximate surface area is 121 Å². The molecule has 0 spiro atoms. The first-order valence-electron chi connectivity index (χ1n) is 6.87. The summed E-state index contributed by atoms with van der Waals surface area (Å²) in [5, 5.41) is 3.36. The van der Waals surface area contributed by atoms with E-state index in [2.05, 4.69) is 17.1 Å². The Bertz CT molecular complexity index is 557. The number of sulfonamides is 1. The van der Waals surface area contributed by atoms with Gasteiger partial charge < -0.3 is 5.32 Å². The molecule has 1 aliphatic heterocycles. The molecule has 2 rings (SSSR count). The van der Waals surface area contributed by atoms with Crippen molar-refractivity contribution in [1.29, 1.82) is 0 Å². The third-order valence-electron chi connectivity index (χ3n) is 3.70. The molecular weight excluding hydrogens is 274 g/mol. The average molecular weight is 297 g/mol. The van der Waals surface area contributed by atoms with Gasteiger partial charge in [-0.2, -0.15) is 0 Å². The van der Waals surface area contributed by atoms with Gasteiger partial charge in [0.2, 0.25) is 10.0 Å². The normalized spacial score (nSPS) is 21.3. The molecule has 0 aromatic heterocycles. The van der Waals surface area contributed by atoms with E-state index < -0.39 is 10.0 Å². The second-order valence-corrected chi connectivity index (χ2v) is 7.61. The van der Waals surface area contributed by atoms with Crippen molar-refractivity contribution >= 4 is 10.0 Å². The van der Waals surface area contributed by atoms with E-state index in [0.717, 1.165) is 31.7 Å². The van der Waals surface area contributed by atoms with Crippen molar-refractivity contribution in [2.24, 2.45) is 0 Å². The summed E-state index contributed by atoms with van der Waals surface area (Å²) in [6.45, 7) is 5.94. The molecule has 1 aliphatic rings. The van der Waals surface area contributed by atoms with Gasteiger partial charge in [-0.15, -0.1) is 0 Å². The van der Waals surface area contributed by atoms with Crippen molar-refractivity contribution in [3.63, 3.8) is 0 Å². The van der Waals surface area contributed by atoms with Gasteiger partial charge in [-0.1, -0.05) is 12.1 Å². The van der Waals surface area contributed by atoms with Crippen LogP contribution in [0.3, 0.4) is 0 Å². The fraction of sp³-hybridized carbons (Fsp3) is 0.571. The van der Waals surface area contributed by atoms with Crippen LogP contribution in [-0.4, -0.2) is 57.4 Å². The van der Waals surface area contributed by atoms with Crippen molar-refractivity contribution < 1.29 is 8.42 Å². The maximum absolute atomic E-state index is 12.1. The minimum atomic E-state index is -3.35. The van der Waals surface area contributed by atoms with Gasteiger partial charge >= 0.3 is 0 Å². The average Bonchev–Trinajstić information content (AvgIpc) is 2.41. The molecule has 0 unspecified atom stereocenters. The van der Waals surface area contributed by atoms with Gasteiger partial charge in [0.25, 0.3) is 0 Å². The molecule has 1 N–H and O–H groups in total. The van der Waals surface area contributed by atoms with Crippen LogP contribution in [0.2, 0.25) is 0 Å². The molecule has 1 heterocycles. The van der Waals surface area contributed by atoms with Crippen LogP contribution in [0.1, 0.15) is 12.5 Å². The van der Waals surface area contributed by atoms with Crippen LogP contribution >= 0.6 is 0 Å². The Hall–Kier alpha value is -0.950. The van der Waals surface area contributed by atoms with Gasteiger partial charge in [0.05, 0.1) is 4.90 Å². The van der Waals surface area contributed by atoms with Crippen LogP contribution in [0, 0.1) is 0 Å². The third-order valence-corrected chi connectivity index (χ3v) is 5.51. The highest BCUT2D eigenvalue weighted by Gasteiger charge is 2.20. The Balaban J connectivity index is 2.18. The lowest BCUT2D eigenvalue weighted by Gasteiger charge is -2.34. The molecule has 6 heteroatoms. The first-order chi connectivity index (χ1) is 9.41. The second kappa shape index (κ2) is 6.22. The van der Waals surface area contributed by atoms with Gasteiger partial charge in [0.15, 0.2) is 0 Å². The summed E-state index contributed by atoms with van der Waals surface area (Å²) < 4.78 is 25.5. The molecule has 0 saturated carbocycles. The minimum absolute atomic E-state index is 0.364. The summed E-state index contributed by atoms with van der Waals surface area (Å²) in [5.41, 5.74) is 1.04. The zero-order valence-electron chi connectivity index (χ0n) is 12.3. The molecule has 20 heavy (non-hydrogen) atoms. The summed E-state index contributed by atoms with van der Waals surface area (Å²) in [4.78, 5) is 2.74. The standard InChI is InChI=1S/C14H23N3O2S/c1-12-10-15-7-8-17(12)11-13-5-4-6-14(9-13)20(18,19)16(2)3/h4-6,9,12,15H,7-8,10-11H2,1-3H3/t12-/m1/s1. The lowest BCUT2D eigenvalue weighted by molar-refractivity contribution is 0.165. The van der Waals surface area contributed by atoms with Gasteiger partial charge in [0, 0.05) is 46.3 Å². The highest BCUT2D eigenvalue weighted by Crippen LogP contribution is 2.17. The quantitative estimate of drug-likeness (QED) is 0.890. The fourth-order valence-electron chi connectivity index (χ4n) is 2.37. The zero-order valence-corrected chi connectivity index (χ0v) is 13.2. The molecule has 1 aromatic carbocycles. The van der Waals surface area contributed by atoms with Crippen molar-refractivity contribution in [3.8, 4) is 0 Å². The first kappa shape index (κ1) is 15.4. The summed E-state index contributed by atoms with van der Waals surface area (Å²) in [6, 6.07) is 7.71. The van der Waals surface area contributed by atoms with E-state index in [1.54, 1.807) is 26.2 Å². The van der Waals surface area contributed by atoms with Crippen LogP contribution in [-0.2, 0) is 16.6 Å². The lowest BCUT2D eigenvalue weighted by atomic mass is 10.1. The van der Waals surface area contributed by atoms with E-state index >= 15 is 0 Å². The largest absolute Gasteiger partial charge is 0.314 e. The Morgan fingerprint density at radius 2 is 2.15 bits per heavy atom. The van der Waals surface area contributed by atoms with E-state index in [1.807, 2.05) is 12.1 Å². The predicted molar refractivity (Wildman–Crippen MR) is 80.1 cm³/mol. The van der Waals surface area contributed by atoms with Crippen LogP contribution in [0.15, 0.2) is 29.2 Å². The maximum atomic E-state index is 12.1. The third kappa shape index (κ3) is 3.38. The SMILES string of the molecule is C[C@@H]1CNCCN1Cc1cccc(S(=O)(=O)N(C)C)c1. The fourth-order valence-corrected chi connectivity index (χ4v) is 3.34. The van der Waals surface area contributed by atoms with Crippen molar-refractivity contribution in [2.45, 2.75) is 24.4 Å². The molecule has 1 saturated heterocycles. The number of nitrogens with zero attached hydrogens (tertiary/aromatic N) is 2. The highest BCUT2D eigenvalue weighted by molar-refractivity contribution is 7.89. The Kier molecular flexibility index (Phi) is 4.80. The number of hydrogen-bond donors (Lipinski definition) is 1. The number of nitrogens with one attached hydrogen (secondary N) is 1. The van der Waals surface area contributed by atoms with Crippen LogP contribution in [0.5, 0.6) is 0 Å². The summed E-state index contributed by atoms with van der Waals surface area (Å²) in [7, 11) is -0.239. The van der Waals surface area contributed by atoms with Crippen molar-refractivity contribution in [3.05, 3.63) is 29.8 Å². The van der Waals surface area contributed by atoms with E-state index in [9.17, 15) is 8.42 Å². The van der Waals surface area contributed by atoms with E-state index in [0.29, 0.717) is 10.9 Å². The number of hydrogen-bond acceptors (Lipinski definition) is 4. The smallest absolute Gasteiger partial charge is 0.242 e. The van der Waals surface area contributed by atoms with Gasteiger partial charge in [-0.05, 0) is 24.6 Å². The van der Waals surface area contributed by atoms with Crippen LogP contribution < -0.4 is 5.32 Å². The summed E-state index contributed by atoms with van der Waals surface area (Å²) >= 11 is 0. The topological polar surface area (TPSA) is 52.7 Å². The molecule has 1 aromatic rings. The highest BCUT2D eigenvalue weighted by atomic mass is 32.2. The van der Waals surface area contributed by atoms with Crippen molar-refractivity contribution in [1.82, 2.24) is 14.5 Å². The number of piperazine rings is 1. The molecule has 5 nitrogen and oxygen atoms in total. The molecule has 112 valence electrons. The maximum Gasteiger partial charge on any atom is 0.242 e. The number of rotatable bonds is 4. The molecule has 1 atom stereocenters. The summed E-state index contributed by atoms with van der Waals surface area (Å²) in [6.07, 6.45) is 0. The van der Waals surface area contributed by atoms with Gasteiger partial charge in [0.1, 0.15) is 0 Å².